The highest BCUT2D eigenvalue weighted by Gasteiger charge is 1.97. The second kappa shape index (κ2) is 2.57. The Morgan fingerprint density at radius 1 is 1.25 bits per heavy atom. The van der Waals surface area contributed by atoms with Gasteiger partial charge in [0.1, 0.15) is 24.8 Å². The molecule has 6 heteroatoms. The van der Waals surface area contributed by atoms with Gasteiger partial charge in [-0.2, -0.15) is 5.10 Å². The third-order valence-electron chi connectivity index (χ3n) is 1.33. The van der Waals surface area contributed by atoms with Crippen molar-refractivity contribution < 1.29 is 0 Å². The van der Waals surface area contributed by atoms with Crippen LogP contribution in [0.3, 0.4) is 0 Å². The SMILES string of the molecule is Nc1cc(-n2cncn2)ncn1. The van der Waals surface area contributed by atoms with Crippen LogP contribution in [-0.4, -0.2) is 24.7 Å². The predicted molar refractivity (Wildman–Crippen MR) is 41.4 cm³/mol. The van der Waals surface area contributed by atoms with Gasteiger partial charge in [0, 0.05) is 6.07 Å². The van der Waals surface area contributed by atoms with Crippen molar-refractivity contribution in [3.8, 4) is 5.82 Å². The molecule has 2 heterocycles. The summed E-state index contributed by atoms with van der Waals surface area (Å²) in [6.07, 6.45) is 4.35. The summed E-state index contributed by atoms with van der Waals surface area (Å²) in [4.78, 5) is 11.5. The third-order valence-corrected chi connectivity index (χ3v) is 1.33. The fourth-order valence-corrected chi connectivity index (χ4v) is 0.813. The summed E-state index contributed by atoms with van der Waals surface area (Å²) in [5, 5.41) is 3.89. The van der Waals surface area contributed by atoms with Gasteiger partial charge in [-0.25, -0.2) is 19.6 Å². The van der Waals surface area contributed by atoms with Gasteiger partial charge in [0.2, 0.25) is 0 Å². The molecule has 0 amide bonds. The quantitative estimate of drug-likeness (QED) is 0.619. The van der Waals surface area contributed by atoms with Crippen LogP contribution in [0.2, 0.25) is 0 Å². The normalized spacial score (nSPS) is 10.0. The monoisotopic (exact) mass is 162 g/mol. The summed E-state index contributed by atoms with van der Waals surface area (Å²) >= 11 is 0. The zero-order valence-corrected chi connectivity index (χ0v) is 6.12. The van der Waals surface area contributed by atoms with Gasteiger partial charge in [0.05, 0.1) is 0 Å². The van der Waals surface area contributed by atoms with Crippen LogP contribution in [-0.2, 0) is 0 Å². The lowest BCUT2D eigenvalue weighted by atomic mass is 10.5. The van der Waals surface area contributed by atoms with Crippen LogP contribution in [0.4, 0.5) is 5.82 Å². The summed E-state index contributed by atoms with van der Waals surface area (Å²) < 4.78 is 1.51. The first-order chi connectivity index (χ1) is 5.86. The number of anilines is 1. The zero-order chi connectivity index (χ0) is 8.39. The Labute approximate surface area is 68.1 Å². The average molecular weight is 162 g/mol. The molecule has 6 nitrogen and oxygen atoms in total. The number of nitrogens with zero attached hydrogens (tertiary/aromatic N) is 5. The van der Waals surface area contributed by atoms with Crippen LogP contribution in [0.1, 0.15) is 0 Å². The van der Waals surface area contributed by atoms with E-state index in [1.807, 2.05) is 0 Å². The molecule has 12 heavy (non-hydrogen) atoms. The Bertz CT molecular complexity index is 367. The number of aromatic nitrogens is 5. The first-order valence-corrected chi connectivity index (χ1v) is 3.29. The van der Waals surface area contributed by atoms with E-state index in [2.05, 4.69) is 20.1 Å². The minimum atomic E-state index is 0.413. The molecule has 2 rings (SSSR count). The fourth-order valence-electron chi connectivity index (χ4n) is 0.813. The van der Waals surface area contributed by atoms with E-state index in [0.717, 1.165) is 0 Å². The van der Waals surface area contributed by atoms with E-state index in [9.17, 15) is 0 Å². The fraction of sp³-hybridized carbons (Fsp3) is 0. The molecule has 0 saturated carbocycles. The predicted octanol–water partition coefficient (Wildman–Crippen LogP) is -0.361. The van der Waals surface area contributed by atoms with E-state index in [0.29, 0.717) is 11.6 Å². The van der Waals surface area contributed by atoms with Gasteiger partial charge in [-0.3, -0.25) is 0 Å². The number of nitrogen functional groups attached to an aromatic ring is 1. The van der Waals surface area contributed by atoms with Crippen LogP contribution >= 0.6 is 0 Å². The summed E-state index contributed by atoms with van der Waals surface area (Å²) in [6, 6.07) is 1.62. The number of hydrogen-bond acceptors (Lipinski definition) is 5. The Kier molecular flexibility index (Phi) is 1.44. The van der Waals surface area contributed by atoms with Crippen molar-refractivity contribution in [2.24, 2.45) is 0 Å². The van der Waals surface area contributed by atoms with Gasteiger partial charge in [0.25, 0.3) is 0 Å². The summed E-state index contributed by atoms with van der Waals surface area (Å²) in [5.41, 5.74) is 5.45. The van der Waals surface area contributed by atoms with Crippen molar-refractivity contribution in [1.82, 2.24) is 24.7 Å². The molecule has 0 aliphatic heterocycles. The van der Waals surface area contributed by atoms with E-state index < -0.39 is 0 Å². The Balaban J connectivity index is 2.48. The number of nitrogens with two attached hydrogens (primary N) is 1. The van der Waals surface area contributed by atoms with Gasteiger partial charge in [0.15, 0.2) is 5.82 Å². The molecular formula is C6H6N6. The van der Waals surface area contributed by atoms with Crippen molar-refractivity contribution >= 4 is 5.82 Å². The van der Waals surface area contributed by atoms with E-state index in [4.69, 9.17) is 5.73 Å². The van der Waals surface area contributed by atoms with Crippen molar-refractivity contribution in [2.75, 3.05) is 5.73 Å². The topological polar surface area (TPSA) is 82.5 Å². The average Bonchev–Trinajstić information content (AvgIpc) is 2.56. The smallest absolute Gasteiger partial charge is 0.160 e. The lowest BCUT2D eigenvalue weighted by Gasteiger charge is -1.97. The molecule has 0 spiro atoms. The van der Waals surface area contributed by atoms with Crippen molar-refractivity contribution in [3.05, 3.63) is 25.0 Å². The number of rotatable bonds is 1. The van der Waals surface area contributed by atoms with Crippen LogP contribution in [0.25, 0.3) is 5.82 Å². The Morgan fingerprint density at radius 2 is 2.17 bits per heavy atom. The maximum absolute atomic E-state index is 5.45. The van der Waals surface area contributed by atoms with Crippen LogP contribution in [0, 0.1) is 0 Å². The molecule has 0 aliphatic carbocycles. The molecule has 0 aromatic carbocycles. The molecule has 2 aromatic rings. The molecule has 60 valence electrons. The molecule has 0 atom stereocenters. The lowest BCUT2D eigenvalue weighted by Crippen LogP contribution is -2.00. The molecular weight excluding hydrogens is 156 g/mol. The summed E-state index contributed by atoms with van der Waals surface area (Å²) in [6.45, 7) is 0. The summed E-state index contributed by atoms with van der Waals surface area (Å²) in [5.74, 6) is 1.02. The standard InChI is InChI=1S/C6H6N6/c7-5-1-6(10-3-9-5)12-4-8-2-11-12/h1-4H,(H2,7,9,10). The molecule has 0 aliphatic rings. The maximum atomic E-state index is 5.45. The molecule has 0 radical (unpaired) electrons. The van der Waals surface area contributed by atoms with Gasteiger partial charge in [-0.15, -0.1) is 0 Å². The van der Waals surface area contributed by atoms with Crippen molar-refractivity contribution in [1.29, 1.82) is 0 Å². The second-order valence-corrected chi connectivity index (χ2v) is 2.14. The molecule has 2 N–H and O–H groups in total. The Hall–Kier alpha value is -1.98. The van der Waals surface area contributed by atoms with Gasteiger partial charge in [-0.05, 0) is 0 Å². The van der Waals surface area contributed by atoms with Gasteiger partial charge < -0.3 is 5.73 Å². The van der Waals surface area contributed by atoms with E-state index in [1.54, 1.807) is 12.4 Å². The molecule has 2 aromatic heterocycles. The van der Waals surface area contributed by atoms with Gasteiger partial charge >= 0.3 is 0 Å². The first-order valence-electron chi connectivity index (χ1n) is 3.29. The van der Waals surface area contributed by atoms with Gasteiger partial charge in [-0.1, -0.05) is 0 Å². The van der Waals surface area contributed by atoms with E-state index in [1.165, 1.54) is 17.3 Å². The number of hydrogen-bond donors (Lipinski definition) is 1. The third kappa shape index (κ3) is 1.09. The van der Waals surface area contributed by atoms with E-state index in [-0.39, 0.29) is 0 Å². The maximum Gasteiger partial charge on any atom is 0.160 e. The minimum Gasteiger partial charge on any atom is -0.384 e. The molecule has 0 unspecified atom stereocenters. The first kappa shape index (κ1) is 6.71. The molecule has 0 fully saturated rings. The second-order valence-electron chi connectivity index (χ2n) is 2.14. The molecule has 0 bridgehead atoms. The zero-order valence-electron chi connectivity index (χ0n) is 6.12. The van der Waals surface area contributed by atoms with Crippen LogP contribution in [0.15, 0.2) is 25.0 Å². The highest BCUT2D eigenvalue weighted by atomic mass is 15.3. The minimum absolute atomic E-state index is 0.413. The molecule has 0 saturated heterocycles. The van der Waals surface area contributed by atoms with Crippen LogP contribution in [0.5, 0.6) is 0 Å². The largest absolute Gasteiger partial charge is 0.384 e. The van der Waals surface area contributed by atoms with Crippen molar-refractivity contribution in [2.45, 2.75) is 0 Å². The van der Waals surface area contributed by atoms with E-state index >= 15 is 0 Å². The highest BCUT2D eigenvalue weighted by Crippen LogP contribution is 2.02. The Morgan fingerprint density at radius 3 is 2.83 bits per heavy atom. The highest BCUT2D eigenvalue weighted by molar-refractivity contribution is 5.34. The lowest BCUT2D eigenvalue weighted by molar-refractivity contribution is 0.839. The summed E-state index contributed by atoms with van der Waals surface area (Å²) in [7, 11) is 0. The van der Waals surface area contributed by atoms with Crippen molar-refractivity contribution in [3.63, 3.8) is 0 Å². The van der Waals surface area contributed by atoms with Crippen LogP contribution < -0.4 is 5.73 Å².